The summed E-state index contributed by atoms with van der Waals surface area (Å²) in [6, 6.07) is 3.90. The lowest BCUT2D eigenvalue weighted by Crippen LogP contribution is -2.43. The molecule has 3 aromatic rings. The van der Waals surface area contributed by atoms with Crippen molar-refractivity contribution in [3.05, 3.63) is 28.2 Å². The van der Waals surface area contributed by atoms with Crippen molar-refractivity contribution in [1.82, 2.24) is 24.7 Å². The number of hydrogen-bond acceptors (Lipinski definition) is 7. The highest BCUT2D eigenvalue weighted by atomic mass is 16.5. The van der Waals surface area contributed by atoms with Gasteiger partial charge in [0.1, 0.15) is 16.9 Å². The standard InChI is InChI=1S/C23H31N7O2/c1-14-12-23(13-32-14)8-10-30(11-9-23)22-25-20-18(21(31)29(22)5)19(26-27-20)16-6-7-17(28(3)4)24-15(16)2/h6-7,14H,8-13H2,1-5H3,(H,26,27)/t14-/m0/s1. The molecule has 3 aromatic heterocycles. The van der Waals surface area contributed by atoms with E-state index in [1.165, 1.54) is 0 Å². The SMILES string of the molecule is Cc1nc(N(C)C)ccc1-c1n[nH]c2nc(N3CCC4(CC3)CO[C@@H](C)C4)n(C)c(=O)c12. The maximum Gasteiger partial charge on any atom is 0.266 e. The van der Waals surface area contributed by atoms with Gasteiger partial charge in [-0.05, 0) is 50.7 Å². The second kappa shape index (κ2) is 7.58. The number of pyridine rings is 1. The van der Waals surface area contributed by atoms with Crippen molar-refractivity contribution >= 4 is 22.8 Å². The number of rotatable bonds is 3. The van der Waals surface area contributed by atoms with Crippen molar-refractivity contribution in [3.63, 3.8) is 0 Å². The number of hydrogen-bond donors (Lipinski definition) is 1. The van der Waals surface area contributed by atoms with E-state index in [-0.39, 0.29) is 11.0 Å². The van der Waals surface area contributed by atoms with E-state index in [9.17, 15) is 4.79 Å². The minimum Gasteiger partial charge on any atom is -0.378 e. The number of H-pyrrole nitrogens is 1. The fraction of sp³-hybridized carbons (Fsp3) is 0.565. The molecule has 1 atom stereocenters. The number of nitrogens with one attached hydrogen (secondary N) is 1. The lowest BCUT2D eigenvalue weighted by Gasteiger charge is -2.39. The van der Waals surface area contributed by atoms with Gasteiger partial charge in [-0.3, -0.25) is 14.5 Å². The van der Waals surface area contributed by atoms with Gasteiger partial charge in [0.2, 0.25) is 5.95 Å². The quantitative estimate of drug-likeness (QED) is 0.673. The summed E-state index contributed by atoms with van der Waals surface area (Å²) in [5.74, 6) is 1.56. The van der Waals surface area contributed by atoms with Gasteiger partial charge in [0.05, 0.1) is 12.7 Å². The maximum absolute atomic E-state index is 13.4. The zero-order valence-corrected chi connectivity index (χ0v) is 19.5. The van der Waals surface area contributed by atoms with E-state index in [4.69, 9.17) is 9.72 Å². The van der Waals surface area contributed by atoms with Crippen molar-refractivity contribution in [3.8, 4) is 11.3 Å². The lowest BCUT2D eigenvalue weighted by molar-refractivity contribution is 0.0974. The molecule has 32 heavy (non-hydrogen) atoms. The van der Waals surface area contributed by atoms with Crippen LogP contribution in [0.2, 0.25) is 0 Å². The van der Waals surface area contributed by atoms with Crippen LogP contribution in [0.5, 0.6) is 0 Å². The topological polar surface area (TPSA) is 92.2 Å². The summed E-state index contributed by atoms with van der Waals surface area (Å²) in [7, 11) is 5.71. The average molecular weight is 438 g/mol. The molecular formula is C23H31N7O2. The van der Waals surface area contributed by atoms with E-state index in [1.807, 2.05) is 38.1 Å². The maximum atomic E-state index is 13.4. The molecule has 0 saturated carbocycles. The Balaban J connectivity index is 1.49. The molecule has 1 N–H and O–H groups in total. The smallest absolute Gasteiger partial charge is 0.266 e. The normalized spacial score (nSPS) is 20.4. The molecule has 2 aliphatic heterocycles. The number of aryl methyl sites for hydroxylation is 1. The molecule has 1 spiro atoms. The third kappa shape index (κ3) is 3.35. The highest BCUT2D eigenvalue weighted by molar-refractivity contribution is 5.91. The molecule has 5 heterocycles. The number of piperidine rings is 1. The predicted molar refractivity (Wildman–Crippen MR) is 125 cm³/mol. The Hall–Kier alpha value is -2.94. The van der Waals surface area contributed by atoms with E-state index >= 15 is 0 Å². The first-order valence-electron chi connectivity index (χ1n) is 11.2. The molecule has 0 aliphatic carbocycles. The monoisotopic (exact) mass is 437 g/mol. The number of aromatic amines is 1. The van der Waals surface area contributed by atoms with Crippen LogP contribution >= 0.6 is 0 Å². The first kappa shape index (κ1) is 20.9. The van der Waals surface area contributed by atoms with Gasteiger partial charge in [-0.15, -0.1) is 0 Å². The number of fused-ring (bicyclic) bond motifs is 1. The molecule has 9 nitrogen and oxygen atoms in total. The fourth-order valence-corrected chi connectivity index (χ4v) is 5.15. The van der Waals surface area contributed by atoms with Crippen molar-refractivity contribution in [2.24, 2.45) is 12.5 Å². The molecule has 0 amide bonds. The van der Waals surface area contributed by atoms with Gasteiger partial charge in [-0.25, -0.2) is 4.98 Å². The van der Waals surface area contributed by atoms with Crippen LogP contribution in [0, 0.1) is 12.3 Å². The van der Waals surface area contributed by atoms with Crippen molar-refractivity contribution in [2.75, 3.05) is 43.6 Å². The Kier molecular flexibility index (Phi) is 4.96. The first-order chi connectivity index (χ1) is 15.3. The zero-order valence-electron chi connectivity index (χ0n) is 19.5. The van der Waals surface area contributed by atoms with Gasteiger partial charge >= 0.3 is 0 Å². The van der Waals surface area contributed by atoms with Gasteiger partial charge in [0.15, 0.2) is 5.65 Å². The van der Waals surface area contributed by atoms with E-state index in [0.717, 1.165) is 56.0 Å². The molecule has 2 fully saturated rings. The van der Waals surface area contributed by atoms with Crippen molar-refractivity contribution in [2.45, 2.75) is 39.2 Å². The Morgan fingerprint density at radius 3 is 2.59 bits per heavy atom. The van der Waals surface area contributed by atoms with Crippen molar-refractivity contribution < 1.29 is 4.74 Å². The number of nitrogens with zero attached hydrogens (tertiary/aromatic N) is 6. The summed E-state index contributed by atoms with van der Waals surface area (Å²) < 4.78 is 7.51. The van der Waals surface area contributed by atoms with Gasteiger partial charge in [0, 0.05) is 45.5 Å². The molecule has 5 rings (SSSR count). The van der Waals surface area contributed by atoms with Gasteiger partial charge in [-0.2, -0.15) is 10.1 Å². The summed E-state index contributed by atoms with van der Waals surface area (Å²) >= 11 is 0. The molecule has 2 aliphatic rings. The highest BCUT2D eigenvalue weighted by Crippen LogP contribution is 2.42. The minimum atomic E-state index is -0.0945. The summed E-state index contributed by atoms with van der Waals surface area (Å²) in [6.07, 6.45) is 3.58. The van der Waals surface area contributed by atoms with Crippen LogP contribution in [-0.4, -0.2) is 64.6 Å². The Labute approximate surface area is 187 Å². The summed E-state index contributed by atoms with van der Waals surface area (Å²) in [6.45, 7) is 6.68. The number of aromatic nitrogens is 5. The summed E-state index contributed by atoms with van der Waals surface area (Å²) in [5.41, 5.74) is 2.97. The predicted octanol–water partition coefficient (Wildman–Crippen LogP) is 2.49. The second-order valence-corrected chi connectivity index (χ2v) is 9.58. The van der Waals surface area contributed by atoms with Crippen LogP contribution in [0.3, 0.4) is 0 Å². The Morgan fingerprint density at radius 2 is 1.97 bits per heavy atom. The second-order valence-electron chi connectivity index (χ2n) is 9.58. The molecule has 0 bridgehead atoms. The van der Waals surface area contributed by atoms with Crippen LogP contribution < -0.4 is 15.4 Å². The van der Waals surface area contributed by atoms with Crippen LogP contribution in [0.25, 0.3) is 22.3 Å². The van der Waals surface area contributed by atoms with Gasteiger partial charge in [0.25, 0.3) is 5.56 Å². The summed E-state index contributed by atoms with van der Waals surface area (Å²) in [4.78, 5) is 27.0. The molecule has 0 aromatic carbocycles. The van der Waals surface area contributed by atoms with Gasteiger partial charge in [-0.1, -0.05) is 0 Å². The van der Waals surface area contributed by atoms with Crippen molar-refractivity contribution in [1.29, 1.82) is 0 Å². The number of anilines is 2. The van der Waals surface area contributed by atoms with Crippen LogP contribution in [0.1, 0.15) is 31.9 Å². The van der Waals surface area contributed by atoms with Crippen LogP contribution in [0.15, 0.2) is 16.9 Å². The first-order valence-corrected chi connectivity index (χ1v) is 11.2. The zero-order chi connectivity index (χ0) is 22.6. The molecule has 2 saturated heterocycles. The third-order valence-electron chi connectivity index (χ3n) is 7.06. The Morgan fingerprint density at radius 1 is 1.22 bits per heavy atom. The van der Waals surface area contributed by atoms with Crippen LogP contribution in [0.4, 0.5) is 11.8 Å². The Bertz CT molecular complexity index is 1220. The lowest BCUT2D eigenvalue weighted by atomic mass is 9.77. The average Bonchev–Trinajstić information content (AvgIpc) is 3.35. The van der Waals surface area contributed by atoms with E-state index < -0.39 is 0 Å². The van der Waals surface area contributed by atoms with E-state index in [2.05, 4.69) is 27.0 Å². The fourth-order valence-electron chi connectivity index (χ4n) is 5.15. The highest BCUT2D eigenvalue weighted by Gasteiger charge is 2.41. The molecule has 170 valence electrons. The van der Waals surface area contributed by atoms with Gasteiger partial charge < -0.3 is 14.5 Å². The van der Waals surface area contributed by atoms with E-state index in [1.54, 1.807) is 11.6 Å². The molecule has 0 unspecified atom stereocenters. The summed E-state index contributed by atoms with van der Waals surface area (Å²) in [5, 5.41) is 7.96. The molecule has 0 radical (unpaired) electrons. The number of ether oxygens (including phenoxy) is 1. The molecule has 9 heteroatoms. The third-order valence-corrected chi connectivity index (χ3v) is 7.06. The molecular weight excluding hydrogens is 406 g/mol. The largest absolute Gasteiger partial charge is 0.378 e. The minimum absolute atomic E-state index is 0.0945. The van der Waals surface area contributed by atoms with Crippen LogP contribution in [-0.2, 0) is 11.8 Å². The van der Waals surface area contributed by atoms with E-state index in [0.29, 0.717) is 28.8 Å².